The van der Waals surface area contributed by atoms with Crippen molar-refractivity contribution in [3.63, 3.8) is 0 Å². The first kappa shape index (κ1) is 19.7. The van der Waals surface area contributed by atoms with E-state index in [1.54, 1.807) is 4.52 Å². The second-order valence-corrected chi connectivity index (χ2v) is 7.35. The zero-order chi connectivity index (χ0) is 20.4. The molecule has 1 aliphatic heterocycles. The van der Waals surface area contributed by atoms with Crippen LogP contribution in [-0.4, -0.2) is 44.3 Å². The largest absolute Gasteiger partial charge is 0.416 e. The SMILES string of the molecule is OCC1CCCN(Cc2cccc3nc(Nc4ccc(C(F)(F)F)cc4)nn23)C1. The van der Waals surface area contributed by atoms with E-state index < -0.39 is 11.7 Å². The number of rotatable bonds is 5. The quantitative estimate of drug-likeness (QED) is 0.678. The topological polar surface area (TPSA) is 65.7 Å². The molecule has 1 fully saturated rings. The molecule has 1 aliphatic rings. The number of aromatic nitrogens is 3. The molecule has 1 unspecified atom stereocenters. The Balaban J connectivity index is 1.51. The van der Waals surface area contributed by atoms with Gasteiger partial charge in [-0.15, -0.1) is 5.10 Å². The summed E-state index contributed by atoms with van der Waals surface area (Å²) in [4.78, 5) is 6.72. The summed E-state index contributed by atoms with van der Waals surface area (Å²) in [5, 5.41) is 16.9. The average Bonchev–Trinajstić information content (AvgIpc) is 3.11. The summed E-state index contributed by atoms with van der Waals surface area (Å²) in [6, 6.07) is 10.5. The van der Waals surface area contributed by atoms with E-state index in [4.69, 9.17) is 0 Å². The van der Waals surface area contributed by atoms with Crippen LogP contribution in [0.3, 0.4) is 0 Å². The molecule has 0 bridgehead atoms. The van der Waals surface area contributed by atoms with E-state index in [0.717, 1.165) is 43.8 Å². The highest BCUT2D eigenvalue weighted by Crippen LogP contribution is 2.30. The maximum atomic E-state index is 12.7. The predicted molar refractivity (Wildman–Crippen MR) is 103 cm³/mol. The molecule has 9 heteroatoms. The number of piperidine rings is 1. The lowest BCUT2D eigenvalue weighted by atomic mass is 9.99. The molecule has 3 heterocycles. The van der Waals surface area contributed by atoms with Gasteiger partial charge in [0.25, 0.3) is 0 Å². The number of anilines is 2. The Kier molecular flexibility index (Phi) is 5.42. The third-order valence-corrected chi connectivity index (χ3v) is 5.15. The number of halogens is 3. The highest BCUT2D eigenvalue weighted by molar-refractivity contribution is 5.56. The van der Waals surface area contributed by atoms with Crippen LogP contribution in [-0.2, 0) is 12.7 Å². The van der Waals surface area contributed by atoms with Gasteiger partial charge in [-0.2, -0.15) is 18.2 Å². The van der Waals surface area contributed by atoms with E-state index in [2.05, 4.69) is 20.3 Å². The number of aliphatic hydroxyl groups excluding tert-OH is 1. The highest BCUT2D eigenvalue weighted by Gasteiger charge is 2.30. The zero-order valence-corrected chi connectivity index (χ0v) is 15.7. The van der Waals surface area contributed by atoms with Crippen molar-refractivity contribution in [1.82, 2.24) is 19.5 Å². The molecule has 0 radical (unpaired) electrons. The Labute approximate surface area is 166 Å². The molecule has 0 aliphatic carbocycles. The zero-order valence-electron chi connectivity index (χ0n) is 15.7. The summed E-state index contributed by atoms with van der Waals surface area (Å²) in [7, 11) is 0. The summed E-state index contributed by atoms with van der Waals surface area (Å²) in [5.74, 6) is 0.625. The molecule has 3 aromatic rings. The van der Waals surface area contributed by atoms with Crippen LogP contribution < -0.4 is 5.32 Å². The summed E-state index contributed by atoms with van der Waals surface area (Å²) >= 11 is 0. The Hall–Kier alpha value is -2.65. The maximum absolute atomic E-state index is 12.7. The fourth-order valence-corrected chi connectivity index (χ4v) is 3.68. The van der Waals surface area contributed by atoms with Crippen LogP contribution in [0.15, 0.2) is 42.5 Å². The number of fused-ring (bicyclic) bond motifs is 1. The third kappa shape index (κ3) is 4.51. The van der Waals surface area contributed by atoms with E-state index in [9.17, 15) is 18.3 Å². The molecule has 0 spiro atoms. The highest BCUT2D eigenvalue weighted by atomic mass is 19.4. The molecule has 2 aromatic heterocycles. The summed E-state index contributed by atoms with van der Waals surface area (Å²) in [6.07, 6.45) is -2.26. The van der Waals surface area contributed by atoms with Crippen molar-refractivity contribution < 1.29 is 18.3 Å². The van der Waals surface area contributed by atoms with Crippen LogP contribution in [0, 0.1) is 5.92 Å². The molecule has 0 saturated carbocycles. The minimum atomic E-state index is -4.36. The third-order valence-electron chi connectivity index (χ3n) is 5.15. The smallest absolute Gasteiger partial charge is 0.396 e. The summed E-state index contributed by atoms with van der Waals surface area (Å²) < 4.78 is 39.9. The molecule has 6 nitrogen and oxygen atoms in total. The van der Waals surface area contributed by atoms with Crippen LogP contribution in [0.1, 0.15) is 24.1 Å². The standard InChI is InChI=1S/C20H22F3N5O/c21-20(22,23)15-6-8-16(9-7-15)24-19-25-18-5-1-4-17(28(18)26-19)12-27-10-2-3-14(11-27)13-29/h1,4-9,14,29H,2-3,10-13H2,(H,24,26). The first-order chi connectivity index (χ1) is 13.9. The number of aliphatic hydroxyl groups is 1. The lowest BCUT2D eigenvalue weighted by Crippen LogP contribution is -2.36. The number of alkyl halides is 3. The molecule has 29 heavy (non-hydrogen) atoms. The molecule has 154 valence electrons. The van der Waals surface area contributed by atoms with Crippen LogP contribution in [0.25, 0.3) is 5.65 Å². The van der Waals surface area contributed by atoms with Crippen molar-refractivity contribution in [2.24, 2.45) is 5.92 Å². The lowest BCUT2D eigenvalue weighted by molar-refractivity contribution is -0.137. The van der Waals surface area contributed by atoms with Crippen molar-refractivity contribution in [2.45, 2.75) is 25.6 Å². The van der Waals surface area contributed by atoms with E-state index >= 15 is 0 Å². The van der Waals surface area contributed by atoms with Crippen LogP contribution >= 0.6 is 0 Å². The molecule has 2 N–H and O–H groups in total. The van der Waals surface area contributed by atoms with E-state index in [0.29, 0.717) is 29.7 Å². The van der Waals surface area contributed by atoms with Gasteiger partial charge in [0.05, 0.1) is 11.3 Å². The van der Waals surface area contributed by atoms with E-state index in [1.807, 2.05) is 18.2 Å². The molecule has 4 rings (SSSR count). The fourth-order valence-electron chi connectivity index (χ4n) is 3.68. The van der Waals surface area contributed by atoms with Gasteiger partial charge in [0.1, 0.15) is 0 Å². The van der Waals surface area contributed by atoms with Gasteiger partial charge >= 0.3 is 6.18 Å². The van der Waals surface area contributed by atoms with Gasteiger partial charge in [0.2, 0.25) is 5.95 Å². The number of likely N-dealkylation sites (tertiary alicyclic amines) is 1. The first-order valence-electron chi connectivity index (χ1n) is 9.54. The lowest BCUT2D eigenvalue weighted by Gasteiger charge is -2.31. The van der Waals surface area contributed by atoms with Crippen molar-refractivity contribution in [3.05, 3.63) is 53.7 Å². The van der Waals surface area contributed by atoms with Gasteiger partial charge in [-0.05, 0) is 61.7 Å². The van der Waals surface area contributed by atoms with Gasteiger partial charge in [-0.25, -0.2) is 4.52 Å². The van der Waals surface area contributed by atoms with Gasteiger partial charge in [-0.1, -0.05) is 6.07 Å². The van der Waals surface area contributed by atoms with Crippen molar-refractivity contribution >= 4 is 17.3 Å². The molecular formula is C20H22F3N5O. The summed E-state index contributed by atoms with van der Waals surface area (Å²) in [6.45, 7) is 2.71. The van der Waals surface area contributed by atoms with Gasteiger partial charge in [0, 0.05) is 25.4 Å². The van der Waals surface area contributed by atoms with Crippen molar-refractivity contribution in [3.8, 4) is 0 Å². The molecule has 1 saturated heterocycles. The number of hydrogen-bond acceptors (Lipinski definition) is 5. The molecule has 1 atom stereocenters. The second kappa shape index (κ2) is 8.00. The normalized spacial score (nSPS) is 18.3. The van der Waals surface area contributed by atoms with Gasteiger partial charge < -0.3 is 10.4 Å². The maximum Gasteiger partial charge on any atom is 0.416 e. The number of nitrogens with zero attached hydrogens (tertiary/aromatic N) is 4. The minimum absolute atomic E-state index is 0.200. The van der Waals surface area contributed by atoms with Gasteiger partial charge in [0.15, 0.2) is 5.65 Å². The Bertz CT molecular complexity index is 970. The number of benzene rings is 1. The summed E-state index contributed by atoms with van der Waals surface area (Å²) in [5.41, 5.74) is 1.41. The Morgan fingerprint density at radius 2 is 1.93 bits per heavy atom. The van der Waals surface area contributed by atoms with E-state index in [1.165, 1.54) is 12.1 Å². The fraction of sp³-hybridized carbons (Fsp3) is 0.400. The Morgan fingerprint density at radius 3 is 2.66 bits per heavy atom. The average molecular weight is 405 g/mol. The monoisotopic (exact) mass is 405 g/mol. The van der Waals surface area contributed by atoms with Crippen molar-refractivity contribution in [1.29, 1.82) is 0 Å². The molecule has 0 amide bonds. The van der Waals surface area contributed by atoms with Crippen LogP contribution in [0.5, 0.6) is 0 Å². The number of nitrogens with one attached hydrogen (secondary N) is 1. The van der Waals surface area contributed by atoms with E-state index in [-0.39, 0.29) is 6.61 Å². The number of hydrogen-bond donors (Lipinski definition) is 2. The van der Waals surface area contributed by atoms with Crippen LogP contribution in [0.2, 0.25) is 0 Å². The number of pyridine rings is 1. The van der Waals surface area contributed by atoms with Gasteiger partial charge in [-0.3, -0.25) is 4.90 Å². The van der Waals surface area contributed by atoms with Crippen LogP contribution in [0.4, 0.5) is 24.8 Å². The molecular weight excluding hydrogens is 383 g/mol. The molecule has 1 aromatic carbocycles. The Morgan fingerprint density at radius 1 is 1.14 bits per heavy atom. The minimum Gasteiger partial charge on any atom is -0.396 e. The second-order valence-electron chi connectivity index (χ2n) is 7.35. The first-order valence-corrected chi connectivity index (χ1v) is 9.54. The predicted octanol–water partition coefficient (Wildman–Crippen LogP) is 3.70. The van der Waals surface area contributed by atoms with Crippen molar-refractivity contribution in [2.75, 3.05) is 25.0 Å².